The minimum absolute atomic E-state index is 0.299. The molecule has 1 aliphatic heterocycles. The minimum Gasteiger partial charge on any atom is -0.508 e. The molecule has 0 saturated carbocycles. The zero-order chi connectivity index (χ0) is 11.8. The van der Waals surface area contributed by atoms with Crippen molar-refractivity contribution in [2.45, 2.75) is 13.0 Å². The molecule has 0 aliphatic carbocycles. The fourth-order valence-corrected chi connectivity index (χ4v) is 3.27. The zero-order valence-electron chi connectivity index (χ0n) is 9.68. The average molecular weight is 246 g/mol. The van der Waals surface area contributed by atoms with Gasteiger partial charge < -0.3 is 10.0 Å². The Morgan fingerprint density at radius 1 is 1.41 bits per heavy atom. The summed E-state index contributed by atoms with van der Waals surface area (Å²) in [6.45, 7) is 2.07. The second-order valence-corrected chi connectivity index (χ2v) is 5.51. The molecular weight excluding hydrogens is 232 g/mol. The highest BCUT2D eigenvalue weighted by molar-refractivity contribution is 7.15. The van der Waals surface area contributed by atoms with Crippen LogP contribution in [-0.4, -0.2) is 28.6 Å². The first kappa shape index (κ1) is 10.7. The van der Waals surface area contributed by atoms with E-state index in [-0.39, 0.29) is 0 Å². The van der Waals surface area contributed by atoms with E-state index in [0.717, 1.165) is 30.1 Å². The van der Waals surface area contributed by atoms with Gasteiger partial charge in [-0.25, -0.2) is 4.98 Å². The molecule has 2 aromatic rings. The Hall–Kier alpha value is -1.39. The molecule has 0 unspecified atom stereocenters. The van der Waals surface area contributed by atoms with E-state index in [1.807, 2.05) is 12.1 Å². The van der Waals surface area contributed by atoms with Crippen LogP contribution in [0, 0.1) is 0 Å². The predicted molar refractivity (Wildman–Crippen MR) is 69.3 cm³/mol. The molecular formula is C13H14N2OS. The molecule has 0 fully saturated rings. The van der Waals surface area contributed by atoms with Crippen LogP contribution in [-0.2, 0) is 13.0 Å². The quantitative estimate of drug-likeness (QED) is 0.840. The van der Waals surface area contributed by atoms with E-state index in [2.05, 4.69) is 16.9 Å². The highest BCUT2D eigenvalue weighted by Crippen LogP contribution is 2.32. The molecule has 0 spiro atoms. The van der Waals surface area contributed by atoms with Crippen molar-refractivity contribution >= 4 is 11.3 Å². The standard InChI is InChI=1S/C13H14N2OS/c1-15-6-5-11-12(8-15)17-13(14-11)9-3-2-4-10(16)7-9/h2-4,7,16H,5-6,8H2,1H3. The number of fused-ring (bicyclic) bond motifs is 1. The molecule has 0 amide bonds. The molecule has 88 valence electrons. The predicted octanol–water partition coefficient (Wildman–Crippen LogP) is 2.50. The van der Waals surface area contributed by atoms with Gasteiger partial charge in [-0.3, -0.25) is 0 Å². The van der Waals surface area contributed by atoms with Crippen LogP contribution in [0.5, 0.6) is 5.75 Å². The molecule has 0 atom stereocenters. The first-order valence-corrected chi connectivity index (χ1v) is 6.50. The van der Waals surface area contributed by atoms with E-state index in [1.54, 1.807) is 23.5 Å². The maximum atomic E-state index is 9.49. The van der Waals surface area contributed by atoms with Crippen molar-refractivity contribution < 1.29 is 5.11 Å². The molecule has 1 N–H and O–H groups in total. The van der Waals surface area contributed by atoms with Gasteiger partial charge in [0.05, 0.1) is 5.69 Å². The average Bonchev–Trinajstić information content (AvgIpc) is 2.72. The third-order valence-corrected chi connectivity index (χ3v) is 4.15. The number of aromatic hydroxyl groups is 1. The second kappa shape index (κ2) is 4.13. The van der Waals surface area contributed by atoms with Crippen molar-refractivity contribution in [1.29, 1.82) is 0 Å². The molecule has 0 radical (unpaired) electrons. The summed E-state index contributed by atoms with van der Waals surface area (Å²) in [5.74, 6) is 0.299. The molecule has 3 rings (SSSR count). The van der Waals surface area contributed by atoms with Crippen molar-refractivity contribution in [1.82, 2.24) is 9.88 Å². The van der Waals surface area contributed by atoms with Gasteiger partial charge in [0.15, 0.2) is 0 Å². The number of hydrogen-bond acceptors (Lipinski definition) is 4. The zero-order valence-corrected chi connectivity index (χ0v) is 10.5. The number of phenols is 1. The minimum atomic E-state index is 0.299. The summed E-state index contributed by atoms with van der Waals surface area (Å²) in [7, 11) is 2.14. The number of hydrogen-bond donors (Lipinski definition) is 1. The van der Waals surface area contributed by atoms with Gasteiger partial charge in [-0.2, -0.15) is 0 Å². The monoisotopic (exact) mass is 246 g/mol. The van der Waals surface area contributed by atoms with Crippen molar-refractivity contribution in [3.63, 3.8) is 0 Å². The van der Waals surface area contributed by atoms with Crippen molar-refractivity contribution in [2.24, 2.45) is 0 Å². The van der Waals surface area contributed by atoms with Crippen LogP contribution in [0.1, 0.15) is 10.6 Å². The van der Waals surface area contributed by atoms with E-state index < -0.39 is 0 Å². The molecule has 17 heavy (non-hydrogen) atoms. The number of benzene rings is 1. The lowest BCUT2D eigenvalue weighted by molar-refractivity contribution is 0.314. The molecule has 1 aromatic heterocycles. The molecule has 0 bridgehead atoms. The lowest BCUT2D eigenvalue weighted by atomic mass is 10.2. The fraction of sp³-hybridized carbons (Fsp3) is 0.308. The van der Waals surface area contributed by atoms with E-state index in [9.17, 15) is 5.11 Å². The number of phenolic OH excluding ortho intramolecular Hbond substituents is 1. The Kier molecular flexibility index (Phi) is 2.61. The summed E-state index contributed by atoms with van der Waals surface area (Å²) in [5.41, 5.74) is 2.23. The Morgan fingerprint density at radius 2 is 2.29 bits per heavy atom. The van der Waals surface area contributed by atoms with E-state index in [4.69, 9.17) is 0 Å². The van der Waals surface area contributed by atoms with Crippen molar-refractivity contribution in [3.8, 4) is 16.3 Å². The number of aromatic nitrogens is 1. The van der Waals surface area contributed by atoms with Crippen molar-refractivity contribution in [3.05, 3.63) is 34.8 Å². The smallest absolute Gasteiger partial charge is 0.124 e. The van der Waals surface area contributed by atoms with Crippen LogP contribution >= 0.6 is 11.3 Å². The van der Waals surface area contributed by atoms with Gasteiger partial charge in [-0.1, -0.05) is 12.1 Å². The highest BCUT2D eigenvalue weighted by Gasteiger charge is 2.18. The number of thiazole rings is 1. The van der Waals surface area contributed by atoms with E-state index in [1.165, 1.54) is 10.6 Å². The largest absolute Gasteiger partial charge is 0.508 e. The van der Waals surface area contributed by atoms with Crippen LogP contribution in [0.4, 0.5) is 0 Å². The Bertz CT molecular complexity index is 550. The Balaban J connectivity index is 2.00. The molecule has 1 aromatic carbocycles. The first-order valence-electron chi connectivity index (χ1n) is 5.69. The second-order valence-electron chi connectivity index (χ2n) is 4.43. The van der Waals surface area contributed by atoms with Gasteiger partial charge in [-0.05, 0) is 19.2 Å². The summed E-state index contributed by atoms with van der Waals surface area (Å²) in [4.78, 5) is 8.35. The van der Waals surface area contributed by atoms with Gasteiger partial charge in [-0.15, -0.1) is 11.3 Å². The van der Waals surface area contributed by atoms with Crippen LogP contribution in [0.15, 0.2) is 24.3 Å². The number of nitrogens with zero attached hydrogens (tertiary/aromatic N) is 2. The van der Waals surface area contributed by atoms with Gasteiger partial charge in [0, 0.05) is 30.0 Å². The third-order valence-electron chi connectivity index (χ3n) is 3.02. The van der Waals surface area contributed by atoms with Gasteiger partial charge in [0.1, 0.15) is 10.8 Å². The van der Waals surface area contributed by atoms with Crippen LogP contribution in [0.3, 0.4) is 0 Å². The summed E-state index contributed by atoms with van der Waals surface area (Å²) in [5, 5.41) is 10.5. The van der Waals surface area contributed by atoms with Crippen LogP contribution < -0.4 is 0 Å². The van der Waals surface area contributed by atoms with Crippen molar-refractivity contribution in [2.75, 3.05) is 13.6 Å². The highest BCUT2D eigenvalue weighted by atomic mass is 32.1. The molecule has 3 nitrogen and oxygen atoms in total. The number of rotatable bonds is 1. The lowest BCUT2D eigenvalue weighted by Gasteiger charge is -2.20. The normalized spacial score (nSPS) is 15.8. The maximum Gasteiger partial charge on any atom is 0.124 e. The van der Waals surface area contributed by atoms with Gasteiger partial charge in [0.25, 0.3) is 0 Å². The summed E-state index contributed by atoms with van der Waals surface area (Å²) in [6, 6.07) is 7.31. The van der Waals surface area contributed by atoms with Crippen LogP contribution in [0.25, 0.3) is 10.6 Å². The Morgan fingerprint density at radius 3 is 3.12 bits per heavy atom. The molecule has 2 heterocycles. The van der Waals surface area contributed by atoms with E-state index in [0.29, 0.717) is 5.75 Å². The first-order chi connectivity index (χ1) is 8.22. The lowest BCUT2D eigenvalue weighted by Crippen LogP contribution is -2.25. The summed E-state index contributed by atoms with van der Waals surface area (Å²) < 4.78 is 0. The SMILES string of the molecule is CN1CCc2nc(-c3cccc(O)c3)sc2C1. The van der Waals surface area contributed by atoms with E-state index >= 15 is 0 Å². The van der Waals surface area contributed by atoms with Gasteiger partial charge >= 0.3 is 0 Å². The summed E-state index contributed by atoms with van der Waals surface area (Å²) >= 11 is 1.74. The van der Waals surface area contributed by atoms with Gasteiger partial charge in [0.2, 0.25) is 0 Å². The topological polar surface area (TPSA) is 36.4 Å². The Labute approximate surface area is 104 Å². The molecule has 0 saturated heterocycles. The summed E-state index contributed by atoms with van der Waals surface area (Å²) in [6.07, 6.45) is 1.03. The maximum absolute atomic E-state index is 9.49. The fourth-order valence-electron chi connectivity index (χ4n) is 2.09. The third kappa shape index (κ3) is 2.06. The molecule has 1 aliphatic rings. The number of likely N-dealkylation sites (N-methyl/N-ethyl adjacent to an activating group) is 1. The van der Waals surface area contributed by atoms with Crippen LogP contribution in [0.2, 0.25) is 0 Å². The molecule has 4 heteroatoms.